The number of rotatable bonds is 9. The predicted molar refractivity (Wildman–Crippen MR) is 165 cm³/mol. The van der Waals surface area contributed by atoms with Gasteiger partial charge in [0, 0.05) is 19.2 Å². The summed E-state index contributed by atoms with van der Waals surface area (Å²) in [4.78, 5) is 56.3. The standard InChI is InChI=1S/C34H28F2N6O5/c1-18-21-10-12-27(23(21)9-8-22(18)34(46)47)41-33(45)29-14-28(32(44)38-16-20-7-11-25(35)26(36)13-20)40-30-24(17-39-42(29)30)31(43)37-15-19-5-3-2-4-6-19/h2-9,11,13-14,17,27H,10,12,15-16H2,1H3,(H,37,43)(H,38,44)(H,41,45)(H,46,47)/t27-/m0/s1. The fourth-order valence-electron chi connectivity index (χ4n) is 5.69. The number of amides is 3. The van der Waals surface area contributed by atoms with Gasteiger partial charge in [0.2, 0.25) is 0 Å². The molecule has 1 aliphatic carbocycles. The number of carboxylic acids is 1. The molecule has 0 saturated carbocycles. The molecule has 11 nitrogen and oxygen atoms in total. The molecule has 3 amide bonds. The number of nitrogens with zero attached hydrogens (tertiary/aromatic N) is 3. The lowest BCUT2D eigenvalue weighted by atomic mass is 9.98. The van der Waals surface area contributed by atoms with Crippen LogP contribution in [0.1, 0.15) is 82.0 Å². The first-order valence-corrected chi connectivity index (χ1v) is 14.7. The minimum Gasteiger partial charge on any atom is -0.478 e. The van der Waals surface area contributed by atoms with Gasteiger partial charge in [-0.3, -0.25) is 14.4 Å². The number of nitrogens with one attached hydrogen (secondary N) is 3. The van der Waals surface area contributed by atoms with E-state index in [2.05, 4.69) is 26.0 Å². The molecule has 3 aromatic carbocycles. The Labute approximate surface area is 266 Å². The van der Waals surface area contributed by atoms with Gasteiger partial charge in [-0.15, -0.1) is 0 Å². The number of aromatic nitrogens is 3. The first-order valence-electron chi connectivity index (χ1n) is 14.7. The Kier molecular flexibility index (Phi) is 8.44. The maximum absolute atomic E-state index is 13.8. The molecule has 0 unspecified atom stereocenters. The van der Waals surface area contributed by atoms with Crippen molar-refractivity contribution in [1.82, 2.24) is 30.5 Å². The zero-order valence-electron chi connectivity index (χ0n) is 25.0. The SMILES string of the molecule is Cc1c(C(=O)O)ccc2c1CC[C@@H]2NC(=O)c1cc(C(=O)NCc2ccc(F)c(F)c2)nc2c(C(=O)NCc3ccccc3)cnn12. The molecular formula is C34H28F2N6O5. The Morgan fingerprint density at radius 1 is 0.872 bits per heavy atom. The molecule has 1 aliphatic rings. The van der Waals surface area contributed by atoms with Crippen molar-refractivity contribution in [2.45, 2.75) is 38.9 Å². The van der Waals surface area contributed by atoms with Crippen molar-refractivity contribution in [1.29, 1.82) is 0 Å². The zero-order valence-corrected chi connectivity index (χ0v) is 25.0. The van der Waals surface area contributed by atoms with Crippen LogP contribution in [-0.2, 0) is 19.5 Å². The number of aromatic carboxylic acids is 1. The molecule has 0 saturated heterocycles. The Morgan fingerprint density at radius 2 is 1.62 bits per heavy atom. The summed E-state index contributed by atoms with van der Waals surface area (Å²) in [6, 6.07) is 16.4. The van der Waals surface area contributed by atoms with Crippen molar-refractivity contribution in [2.75, 3.05) is 0 Å². The van der Waals surface area contributed by atoms with Crippen molar-refractivity contribution in [3.05, 3.63) is 135 Å². The van der Waals surface area contributed by atoms with E-state index in [0.29, 0.717) is 24.0 Å². The largest absolute Gasteiger partial charge is 0.478 e. The molecule has 0 fully saturated rings. The number of benzene rings is 3. The van der Waals surface area contributed by atoms with Crippen LogP contribution in [0, 0.1) is 18.6 Å². The average Bonchev–Trinajstić information content (AvgIpc) is 3.69. The number of fused-ring (bicyclic) bond motifs is 2. The number of halogens is 2. The van der Waals surface area contributed by atoms with E-state index in [9.17, 15) is 33.1 Å². The second-order valence-electron chi connectivity index (χ2n) is 11.1. The van der Waals surface area contributed by atoms with Crippen molar-refractivity contribution < 1.29 is 33.1 Å². The summed E-state index contributed by atoms with van der Waals surface area (Å²) in [7, 11) is 0. The van der Waals surface area contributed by atoms with Gasteiger partial charge in [-0.2, -0.15) is 5.10 Å². The Balaban J connectivity index is 1.31. The molecule has 238 valence electrons. The highest BCUT2D eigenvalue weighted by Crippen LogP contribution is 2.35. The Hall–Kier alpha value is -5.98. The van der Waals surface area contributed by atoms with E-state index < -0.39 is 41.4 Å². The molecule has 2 aromatic heterocycles. The summed E-state index contributed by atoms with van der Waals surface area (Å²) < 4.78 is 28.3. The van der Waals surface area contributed by atoms with Crippen LogP contribution in [0.4, 0.5) is 8.78 Å². The third-order valence-electron chi connectivity index (χ3n) is 8.14. The lowest BCUT2D eigenvalue weighted by molar-refractivity contribution is 0.0695. The lowest BCUT2D eigenvalue weighted by Crippen LogP contribution is -2.31. The molecule has 1 atom stereocenters. The van der Waals surface area contributed by atoms with E-state index in [4.69, 9.17) is 0 Å². The van der Waals surface area contributed by atoms with Crippen molar-refractivity contribution in [3.8, 4) is 0 Å². The molecule has 2 heterocycles. The van der Waals surface area contributed by atoms with Gasteiger partial charge in [0.05, 0.1) is 17.8 Å². The fourth-order valence-corrected chi connectivity index (χ4v) is 5.69. The van der Waals surface area contributed by atoms with Gasteiger partial charge in [-0.1, -0.05) is 42.5 Å². The summed E-state index contributed by atoms with van der Waals surface area (Å²) in [6.45, 7) is 1.78. The summed E-state index contributed by atoms with van der Waals surface area (Å²) in [5.74, 6) is -4.99. The van der Waals surface area contributed by atoms with Gasteiger partial charge < -0.3 is 21.1 Å². The highest BCUT2D eigenvalue weighted by atomic mass is 19.2. The second-order valence-corrected chi connectivity index (χ2v) is 11.1. The van der Waals surface area contributed by atoms with Crippen molar-refractivity contribution >= 4 is 29.3 Å². The van der Waals surface area contributed by atoms with E-state index in [1.54, 1.807) is 13.0 Å². The monoisotopic (exact) mass is 638 g/mol. The Bertz CT molecular complexity index is 2060. The van der Waals surface area contributed by atoms with E-state index >= 15 is 0 Å². The van der Waals surface area contributed by atoms with Gasteiger partial charge in [0.25, 0.3) is 17.7 Å². The summed E-state index contributed by atoms with van der Waals surface area (Å²) >= 11 is 0. The fraction of sp³-hybridized carbons (Fsp3) is 0.176. The van der Waals surface area contributed by atoms with Gasteiger partial charge in [0.1, 0.15) is 17.0 Å². The van der Waals surface area contributed by atoms with E-state index in [1.165, 1.54) is 28.9 Å². The number of carboxylic acid groups (broad SMARTS) is 1. The van der Waals surface area contributed by atoms with Crippen LogP contribution in [-0.4, -0.2) is 43.4 Å². The molecule has 13 heteroatoms. The highest BCUT2D eigenvalue weighted by Gasteiger charge is 2.29. The third kappa shape index (κ3) is 6.27. The minimum absolute atomic E-state index is 0.0215. The maximum Gasteiger partial charge on any atom is 0.335 e. The predicted octanol–water partition coefficient (Wildman–Crippen LogP) is 4.29. The minimum atomic E-state index is -1.07. The summed E-state index contributed by atoms with van der Waals surface area (Å²) in [5.41, 5.74) is 3.30. The highest BCUT2D eigenvalue weighted by molar-refractivity contribution is 6.03. The third-order valence-corrected chi connectivity index (χ3v) is 8.14. The van der Waals surface area contributed by atoms with Crippen molar-refractivity contribution in [2.24, 2.45) is 0 Å². The van der Waals surface area contributed by atoms with Crippen LogP contribution < -0.4 is 16.0 Å². The van der Waals surface area contributed by atoms with Crippen LogP contribution in [0.15, 0.2) is 72.9 Å². The molecule has 0 aliphatic heterocycles. The normalized spacial score (nSPS) is 13.6. The van der Waals surface area contributed by atoms with Crippen LogP contribution in [0.25, 0.3) is 5.65 Å². The summed E-state index contributed by atoms with van der Waals surface area (Å²) in [5, 5.41) is 22.1. The molecule has 6 rings (SSSR count). The first-order chi connectivity index (χ1) is 22.6. The van der Waals surface area contributed by atoms with Crippen LogP contribution in [0.5, 0.6) is 0 Å². The quantitative estimate of drug-likeness (QED) is 0.188. The van der Waals surface area contributed by atoms with Gasteiger partial charge in [-0.05, 0) is 65.8 Å². The van der Waals surface area contributed by atoms with Crippen molar-refractivity contribution in [3.63, 3.8) is 0 Å². The smallest absolute Gasteiger partial charge is 0.335 e. The first kappa shape index (κ1) is 31.0. The maximum atomic E-state index is 13.8. The zero-order chi connectivity index (χ0) is 33.2. The molecular weight excluding hydrogens is 610 g/mol. The number of hydrogen-bond acceptors (Lipinski definition) is 6. The molecule has 47 heavy (non-hydrogen) atoms. The van der Waals surface area contributed by atoms with E-state index in [1.807, 2.05) is 30.3 Å². The molecule has 0 bridgehead atoms. The Morgan fingerprint density at radius 3 is 2.36 bits per heavy atom. The molecule has 0 spiro atoms. The average molecular weight is 639 g/mol. The van der Waals surface area contributed by atoms with Gasteiger partial charge in [-0.25, -0.2) is 23.1 Å². The summed E-state index contributed by atoms with van der Waals surface area (Å²) in [6.07, 6.45) is 2.33. The van der Waals surface area contributed by atoms with Gasteiger partial charge in [0.15, 0.2) is 17.3 Å². The van der Waals surface area contributed by atoms with Crippen LogP contribution in [0.3, 0.4) is 0 Å². The lowest BCUT2D eigenvalue weighted by Gasteiger charge is -2.16. The van der Waals surface area contributed by atoms with Crippen LogP contribution in [0.2, 0.25) is 0 Å². The molecule has 4 N–H and O–H groups in total. The molecule has 5 aromatic rings. The second kappa shape index (κ2) is 12.8. The van der Waals surface area contributed by atoms with Crippen LogP contribution >= 0.6 is 0 Å². The topological polar surface area (TPSA) is 155 Å². The molecule has 0 radical (unpaired) electrons. The van der Waals surface area contributed by atoms with E-state index in [-0.39, 0.29) is 41.3 Å². The van der Waals surface area contributed by atoms with Gasteiger partial charge >= 0.3 is 5.97 Å². The number of carbonyl (C=O) groups excluding carboxylic acids is 3. The number of hydrogen-bond donors (Lipinski definition) is 4. The van der Waals surface area contributed by atoms with E-state index in [0.717, 1.165) is 28.8 Å². The number of carbonyl (C=O) groups is 4.